The summed E-state index contributed by atoms with van der Waals surface area (Å²) < 4.78 is 39.1. The van der Waals surface area contributed by atoms with Crippen molar-refractivity contribution in [3.63, 3.8) is 0 Å². The second-order valence-corrected chi connectivity index (χ2v) is 11.4. The fraction of sp³-hybridized carbons (Fsp3) is 0.750. The van der Waals surface area contributed by atoms with Crippen LogP contribution in [0.15, 0.2) is 24.3 Å². The minimum absolute atomic E-state index is 0.171. The molecule has 0 N–H and O–H groups in total. The SMILES string of the molecule is CCCCCC(F)C(=O)OC1CCC(c2ccc(C3CCC(OC(=O)C(F)CCCCC)CC3)cc2)CC1. The van der Waals surface area contributed by atoms with Gasteiger partial charge in [-0.05, 0) is 100 Å². The summed E-state index contributed by atoms with van der Waals surface area (Å²) in [5, 5.41) is 0. The fourth-order valence-electron chi connectivity index (χ4n) is 5.93. The van der Waals surface area contributed by atoms with E-state index in [1.165, 1.54) is 11.1 Å². The Morgan fingerprint density at radius 2 is 1.00 bits per heavy atom. The zero-order valence-electron chi connectivity index (χ0n) is 23.5. The van der Waals surface area contributed by atoms with Crippen molar-refractivity contribution in [2.75, 3.05) is 0 Å². The van der Waals surface area contributed by atoms with Gasteiger partial charge in [-0.3, -0.25) is 0 Å². The number of hydrogen-bond acceptors (Lipinski definition) is 4. The van der Waals surface area contributed by atoms with Gasteiger partial charge in [-0.15, -0.1) is 0 Å². The Kier molecular flexibility index (Phi) is 13.0. The van der Waals surface area contributed by atoms with Crippen molar-refractivity contribution >= 4 is 11.9 Å². The molecule has 2 aliphatic carbocycles. The predicted octanol–water partition coefficient (Wildman–Crippen LogP) is 8.66. The molecule has 0 amide bonds. The molecule has 2 aliphatic rings. The van der Waals surface area contributed by atoms with Gasteiger partial charge in [0.1, 0.15) is 12.2 Å². The normalized spacial score (nSPS) is 25.4. The van der Waals surface area contributed by atoms with E-state index in [1.807, 2.05) is 0 Å². The minimum atomic E-state index is -1.50. The van der Waals surface area contributed by atoms with Gasteiger partial charge >= 0.3 is 11.9 Å². The molecule has 0 aliphatic heterocycles. The maximum Gasteiger partial charge on any atom is 0.340 e. The van der Waals surface area contributed by atoms with Crippen LogP contribution in [0.25, 0.3) is 0 Å². The number of benzene rings is 1. The summed E-state index contributed by atoms with van der Waals surface area (Å²) in [7, 11) is 0. The van der Waals surface area contributed by atoms with Crippen LogP contribution in [0.5, 0.6) is 0 Å². The number of halogens is 2. The molecule has 4 nitrogen and oxygen atoms in total. The lowest BCUT2D eigenvalue weighted by Crippen LogP contribution is -2.28. The van der Waals surface area contributed by atoms with Crippen LogP contribution in [0, 0.1) is 0 Å². The number of esters is 2. The van der Waals surface area contributed by atoms with Crippen molar-refractivity contribution in [2.24, 2.45) is 0 Å². The average Bonchev–Trinajstić information content (AvgIpc) is 2.94. The van der Waals surface area contributed by atoms with E-state index in [0.29, 0.717) is 11.8 Å². The van der Waals surface area contributed by atoms with E-state index in [9.17, 15) is 18.4 Å². The smallest absolute Gasteiger partial charge is 0.340 e. The molecule has 6 heteroatoms. The zero-order chi connectivity index (χ0) is 27.3. The number of carbonyl (C=O) groups is 2. The molecule has 3 rings (SSSR count). The second-order valence-electron chi connectivity index (χ2n) is 11.4. The first-order chi connectivity index (χ1) is 18.4. The first-order valence-corrected chi connectivity index (χ1v) is 15.2. The van der Waals surface area contributed by atoms with Crippen molar-refractivity contribution < 1.29 is 27.8 Å². The monoisotopic (exact) mass is 534 g/mol. The summed E-state index contributed by atoms with van der Waals surface area (Å²) in [6, 6.07) is 8.86. The number of carbonyl (C=O) groups excluding carboxylic acids is 2. The first-order valence-electron chi connectivity index (χ1n) is 15.2. The summed E-state index contributed by atoms with van der Waals surface area (Å²) in [4.78, 5) is 24.1. The highest BCUT2D eigenvalue weighted by Crippen LogP contribution is 2.37. The van der Waals surface area contributed by atoms with Gasteiger partial charge in [0.2, 0.25) is 0 Å². The van der Waals surface area contributed by atoms with E-state index in [1.54, 1.807) is 0 Å². The standard InChI is InChI=1S/C32H48F2O4/c1-3-5-7-9-29(33)31(35)37-27-19-15-25(16-20-27)23-11-13-24(14-12-23)26-17-21-28(22-18-26)38-32(36)30(34)10-8-6-4-2/h11-14,25-30H,3-10,15-22H2,1-2H3. The number of unbranched alkanes of at least 4 members (excludes halogenated alkanes) is 4. The molecule has 0 bridgehead atoms. The van der Waals surface area contributed by atoms with Gasteiger partial charge in [0.25, 0.3) is 0 Å². The summed E-state index contributed by atoms with van der Waals surface area (Å²) in [5.41, 5.74) is 2.61. The maximum absolute atomic E-state index is 14.1. The van der Waals surface area contributed by atoms with Gasteiger partial charge < -0.3 is 9.47 Å². The maximum atomic E-state index is 14.1. The molecule has 2 saturated carbocycles. The van der Waals surface area contributed by atoms with Crippen LogP contribution in [0.4, 0.5) is 8.78 Å². The molecular formula is C32H48F2O4. The third-order valence-corrected chi connectivity index (χ3v) is 8.43. The summed E-state index contributed by atoms with van der Waals surface area (Å²) >= 11 is 0. The van der Waals surface area contributed by atoms with E-state index in [2.05, 4.69) is 38.1 Å². The molecule has 38 heavy (non-hydrogen) atoms. The number of ether oxygens (including phenoxy) is 2. The molecule has 0 spiro atoms. The van der Waals surface area contributed by atoms with Crippen LogP contribution in [0.2, 0.25) is 0 Å². The van der Waals surface area contributed by atoms with Crippen molar-refractivity contribution in [2.45, 2.75) is 153 Å². The molecule has 0 heterocycles. The Hall–Kier alpha value is -1.98. The van der Waals surface area contributed by atoms with Gasteiger partial charge in [-0.1, -0.05) is 63.8 Å². The van der Waals surface area contributed by atoms with E-state index in [4.69, 9.17) is 9.47 Å². The number of hydrogen-bond donors (Lipinski definition) is 0. The Morgan fingerprint density at radius 1 is 0.658 bits per heavy atom. The fourth-order valence-corrected chi connectivity index (χ4v) is 5.93. The highest BCUT2D eigenvalue weighted by molar-refractivity contribution is 5.75. The lowest BCUT2D eigenvalue weighted by Gasteiger charge is -2.30. The molecule has 0 aromatic heterocycles. The molecule has 214 valence electrons. The second kappa shape index (κ2) is 16.2. The van der Waals surface area contributed by atoms with Crippen LogP contribution < -0.4 is 0 Å². The molecular weight excluding hydrogens is 486 g/mol. The van der Waals surface area contributed by atoms with Gasteiger partial charge in [0.15, 0.2) is 12.3 Å². The molecule has 0 saturated heterocycles. The summed E-state index contributed by atoms with van der Waals surface area (Å²) in [6.07, 6.45) is 9.40. The molecule has 2 atom stereocenters. The van der Waals surface area contributed by atoms with Crippen molar-refractivity contribution in [3.05, 3.63) is 35.4 Å². The largest absolute Gasteiger partial charge is 0.460 e. The van der Waals surface area contributed by atoms with Crippen molar-refractivity contribution in [3.8, 4) is 0 Å². The highest BCUT2D eigenvalue weighted by atomic mass is 19.1. The lowest BCUT2D eigenvalue weighted by atomic mass is 9.80. The Balaban J connectivity index is 1.37. The number of alkyl halides is 2. The molecule has 0 radical (unpaired) electrons. The van der Waals surface area contributed by atoms with Crippen LogP contribution in [-0.2, 0) is 19.1 Å². The van der Waals surface area contributed by atoms with Gasteiger partial charge in [-0.2, -0.15) is 0 Å². The molecule has 2 unspecified atom stereocenters. The summed E-state index contributed by atoms with van der Waals surface area (Å²) in [6.45, 7) is 4.12. The van der Waals surface area contributed by atoms with E-state index in [0.717, 1.165) is 89.9 Å². The van der Waals surface area contributed by atoms with Gasteiger partial charge in [-0.25, -0.2) is 18.4 Å². The topological polar surface area (TPSA) is 52.6 Å². The minimum Gasteiger partial charge on any atom is -0.460 e. The van der Waals surface area contributed by atoms with Crippen LogP contribution in [0.1, 0.15) is 140 Å². The van der Waals surface area contributed by atoms with Gasteiger partial charge in [0.05, 0.1) is 0 Å². The third-order valence-electron chi connectivity index (χ3n) is 8.43. The van der Waals surface area contributed by atoms with Crippen molar-refractivity contribution in [1.82, 2.24) is 0 Å². The molecule has 1 aromatic rings. The quantitative estimate of drug-likeness (QED) is 0.177. The van der Waals surface area contributed by atoms with E-state index < -0.39 is 24.3 Å². The first kappa shape index (κ1) is 30.6. The molecule has 2 fully saturated rings. The average molecular weight is 535 g/mol. The van der Waals surface area contributed by atoms with Gasteiger partial charge in [0, 0.05) is 0 Å². The number of rotatable bonds is 14. The van der Waals surface area contributed by atoms with Crippen LogP contribution in [0.3, 0.4) is 0 Å². The van der Waals surface area contributed by atoms with Crippen LogP contribution in [-0.4, -0.2) is 36.5 Å². The Bertz CT molecular complexity index is 757. The predicted molar refractivity (Wildman–Crippen MR) is 147 cm³/mol. The Labute approximate surface area is 228 Å². The third kappa shape index (κ3) is 9.64. The van der Waals surface area contributed by atoms with E-state index >= 15 is 0 Å². The Morgan fingerprint density at radius 3 is 1.32 bits per heavy atom. The lowest BCUT2D eigenvalue weighted by molar-refractivity contribution is -0.157. The van der Waals surface area contributed by atoms with Crippen LogP contribution >= 0.6 is 0 Å². The zero-order valence-corrected chi connectivity index (χ0v) is 23.5. The molecule has 1 aromatic carbocycles. The van der Waals surface area contributed by atoms with E-state index in [-0.39, 0.29) is 25.0 Å². The highest BCUT2D eigenvalue weighted by Gasteiger charge is 2.30. The summed E-state index contributed by atoms with van der Waals surface area (Å²) in [5.74, 6) is -0.499. The van der Waals surface area contributed by atoms with Crippen molar-refractivity contribution in [1.29, 1.82) is 0 Å².